The van der Waals surface area contributed by atoms with Gasteiger partial charge >= 0.3 is 11.9 Å². The quantitative estimate of drug-likeness (QED) is 0.0195. The Hall–Kier alpha value is -3.53. The zero-order valence-electron chi connectivity index (χ0n) is 49.1. The minimum Gasteiger partial charge on any atom is -0.545 e. The van der Waals surface area contributed by atoms with Crippen molar-refractivity contribution in [3.8, 4) is 0 Å². The Kier molecular flexibility index (Phi) is 54.0. The van der Waals surface area contributed by atoms with E-state index in [-0.39, 0.29) is 38.6 Å². The van der Waals surface area contributed by atoms with E-state index < -0.39 is 24.3 Å². The van der Waals surface area contributed by atoms with Crippen LogP contribution >= 0.6 is 0 Å². The Balaban J connectivity index is 4.08. The van der Waals surface area contributed by atoms with Gasteiger partial charge in [-0.2, -0.15) is 0 Å². The van der Waals surface area contributed by atoms with E-state index >= 15 is 0 Å². The monoisotopic (exact) mass is 1050 g/mol. The number of hydrogen-bond acceptors (Lipinski definition) is 8. The van der Waals surface area contributed by atoms with Gasteiger partial charge < -0.3 is 33.3 Å². The molecule has 2 atom stereocenters. The number of hydrogen-bond donors (Lipinski definition) is 0. The van der Waals surface area contributed by atoms with Gasteiger partial charge in [-0.3, -0.25) is 9.59 Å². The van der Waals surface area contributed by atoms with Gasteiger partial charge in [0.15, 0.2) is 12.4 Å². The van der Waals surface area contributed by atoms with Crippen molar-refractivity contribution in [1.29, 1.82) is 0 Å². The molecule has 0 radical (unpaired) electrons. The van der Waals surface area contributed by atoms with E-state index in [0.717, 1.165) is 89.9 Å². The third-order valence-electron chi connectivity index (χ3n) is 13.1. The molecular formula is C66H115NO8. The van der Waals surface area contributed by atoms with Gasteiger partial charge in [0, 0.05) is 12.8 Å². The van der Waals surface area contributed by atoms with Crippen molar-refractivity contribution in [3.63, 3.8) is 0 Å². The molecule has 0 rings (SSSR count). The summed E-state index contributed by atoms with van der Waals surface area (Å²) >= 11 is 0. The number of allylic oxidation sites excluding steroid dienone is 14. The molecule has 9 heteroatoms. The highest BCUT2D eigenvalue weighted by Crippen LogP contribution is 2.16. The van der Waals surface area contributed by atoms with E-state index in [0.29, 0.717) is 17.4 Å². The SMILES string of the molecule is CC/C=C\C/C=C\C/C=C\C/C=C\C/C=C\CCCCCCCCCCCCCCCCCCCCCC(=O)OC(COC(=O)CCCCCCC/C=C\C/C=C\CCCCC)COC(OCC[N+](C)(C)C)C(=O)[O-]. The number of ether oxygens (including phenoxy) is 4. The summed E-state index contributed by atoms with van der Waals surface area (Å²) in [5.41, 5.74) is 0. The summed E-state index contributed by atoms with van der Waals surface area (Å²) in [7, 11) is 5.92. The lowest BCUT2D eigenvalue weighted by Crippen LogP contribution is -2.44. The number of rotatable bonds is 56. The highest BCUT2D eigenvalue weighted by molar-refractivity contribution is 5.70. The smallest absolute Gasteiger partial charge is 0.306 e. The number of quaternary nitrogens is 1. The van der Waals surface area contributed by atoms with Gasteiger partial charge in [-0.25, -0.2) is 0 Å². The first-order valence-electron chi connectivity index (χ1n) is 30.7. The van der Waals surface area contributed by atoms with E-state index in [2.05, 4.69) is 98.9 Å². The van der Waals surface area contributed by atoms with Gasteiger partial charge in [0.2, 0.25) is 0 Å². The number of carboxylic acids is 1. The summed E-state index contributed by atoms with van der Waals surface area (Å²) in [4.78, 5) is 37.3. The van der Waals surface area contributed by atoms with Crippen LogP contribution in [-0.2, 0) is 33.3 Å². The van der Waals surface area contributed by atoms with Crippen molar-refractivity contribution >= 4 is 17.9 Å². The van der Waals surface area contributed by atoms with E-state index in [4.69, 9.17) is 18.9 Å². The molecule has 9 nitrogen and oxygen atoms in total. The predicted octanol–water partition coefficient (Wildman–Crippen LogP) is 17.0. The minimum atomic E-state index is -1.63. The van der Waals surface area contributed by atoms with Crippen LogP contribution < -0.4 is 5.11 Å². The fraction of sp³-hybridized carbons (Fsp3) is 0.742. The molecule has 75 heavy (non-hydrogen) atoms. The molecule has 0 aliphatic rings. The molecule has 0 aromatic rings. The van der Waals surface area contributed by atoms with Crippen LogP contribution in [0.4, 0.5) is 0 Å². The second kappa shape index (κ2) is 56.7. The molecule has 432 valence electrons. The van der Waals surface area contributed by atoms with Crippen molar-refractivity contribution in [3.05, 3.63) is 85.1 Å². The van der Waals surface area contributed by atoms with Gasteiger partial charge in [-0.05, 0) is 89.9 Å². The summed E-state index contributed by atoms with van der Waals surface area (Å²) < 4.78 is 22.7. The van der Waals surface area contributed by atoms with Crippen molar-refractivity contribution in [1.82, 2.24) is 0 Å². The predicted molar refractivity (Wildman–Crippen MR) is 315 cm³/mol. The maximum Gasteiger partial charge on any atom is 0.306 e. The molecule has 0 bridgehead atoms. The van der Waals surface area contributed by atoms with Gasteiger partial charge in [-0.15, -0.1) is 0 Å². The lowest BCUT2D eigenvalue weighted by atomic mass is 10.0. The molecule has 2 unspecified atom stereocenters. The Bertz CT molecular complexity index is 1500. The average Bonchev–Trinajstić information content (AvgIpc) is 3.38. The van der Waals surface area contributed by atoms with Crippen LogP contribution in [0.3, 0.4) is 0 Å². The Morgan fingerprint density at radius 3 is 1.13 bits per heavy atom. The first kappa shape index (κ1) is 71.5. The third kappa shape index (κ3) is 58.0. The van der Waals surface area contributed by atoms with Crippen LogP contribution in [0.25, 0.3) is 0 Å². The Morgan fingerprint density at radius 1 is 0.413 bits per heavy atom. The second-order valence-electron chi connectivity index (χ2n) is 21.6. The molecule has 0 heterocycles. The fourth-order valence-corrected chi connectivity index (χ4v) is 8.42. The van der Waals surface area contributed by atoms with E-state index in [1.165, 1.54) is 135 Å². The number of likely N-dealkylation sites (N-methyl/N-ethyl adjacent to an activating group) is 1. The Labute approximate surface area is 461 Å². The van der Waals surface area contributed by atoms with Gasteiger partial charge in [0.05, 0.1) is 40.3 Å². The van der Waals surface area contributed by atoms with Crippen molar-refractivity contribution in [2.45, 2.75) is 270 Å². The van der Waals surface area contributed by atoms with E-state index in [1.807, 2.05) is 21.1 Å². The zero-order chi connectivity index (χ0) is 54.8. The molecule has 0 saturated heterocycles. The maximum absolute atomic E-state index is 12.9. The van der Waals surface area contributed by atoms with Crippen LogP contribution in [0.1, 0.15) is 258 Å². The fourth-order valence-electron chi connectivity index (χ4n) is 8.42. The number of aliphatic carboxylic acids is 1. The van der Waals surface area contributed by atoms with E-state index in [9.17, 15) is 19.5 Å². The van der Waals surface area contributed by atoms with Crippen LogP contribution in [0, 0.1) is 0 Å². The van der Waals surface area contributed by atoms with Gasteiger partial charge in [0.1, 0.15) is 13.2 Å². The second-order valence-corrected chi connectivity index (χ2v) is 21.6. The van der Waals surface area contributed by atoms with E-state index in [1.54, 1.807) is 0 Å². The number of esters is 2. The molecule has 0 N–H and O–H groups in total. The molecule has 0 aliphatic carbocycles. The van der Waals surface area contributed by atoms with Crippen LogP contribution in [0.5, 0.6) is 0 Å². The van der Waals surface area contributed by atoms with Crippen molar-refractivity contribution < 1.29 is 42.9 Å². The highest BCUT2D eigenvalue weighted by Gasteiger charge is 2.22. The zero-order valence-corrected chi connectivity index (χ0v) is 49.1. The first-order chi connectivity index (χ1) is 36.6. The standard InChI is InChI=1S/C66H115NO8/c1-6-8-10-12-14-16-18-20-22-23-24-25-26-27-28-29-30-31-32-33-34-35-36-37-38-39-40-41-43-45-47-49-51-53-55-57-64(69)75-62(61-74-66(65(70)71)72-59-58-67(3,4)5)60-73-63(68)56-54-52-50-48-46-44-42-21-19-17-15-13-11-9-7-2/h8,10,14-17,20-22,24-25,27-28,42,62,66H,6-7,9,11-13,18-19,23,26,29-41,43-61H2,1-5H3/b10-8-,16-14-,17-15-,22-20-,25-24-,28-27-,42-21-. The summed E-state index contributed by atoms with van der Waals surface area (Å²) in [6.45, 7) is 4.60. The number of carbonyl (C=O) groups is 3. The molecular weight excluding hydrogens is 935 g/mol. The lowest BCUT2D eigenvalue weighted by Gasteiger charge is -2.26. The largest absolute Gasteiger partial charge is 0.545 e. The minimum absolute atomic E-state index is 0.144. The van der Waals surface area contributed by atoms with Crippen molar-refractivity contribution in [2.75, 3.05) is 47.5 Å². The van der Waals surface area contributed by atoms with Gasteiger partial charge in [0.25, 0.3) is 0 Å². The lowest BCUT2D eigenvalue weighted by molar-refractivity contribution is -0.870. The number of carbonyl (C=O) groups excluding carboxylic acids is 3. The molecule has 0 saturated carbocycles. The number of unbranched alkanes of at least 4 members (excludes halogenated alkanes) is 27. The maximum atomic E-state index is 12.9. The van der Waals surface area contributed by atoms with Crippen LogP contribution in [0.15, 0.2) is 85.1 Å². The topological polar surface area (TPSA) is 111 Å². The third-order valence-corrected chi connectivity index (χ3v) is 13.1. The summed E-state index contributed by atoms with van der Waals surface area (Å²) in [6, 6.07) is 0. The van der Waals surface area contributed by atoms with Crippen molar-refractivity contribution in [2.24, 2.45) is 0 Å². The first-order valence-corrected chi connectivity index (χ1v) is 30.7. The molecule has 0 amide bonds. The normalized spacial score (nSPS) is 13.3. The number of nitrogens with zero attached hydrogens (tertiary/aromatic N) is 1. The van der Waals surface area contributed by atoms with Crippen LogP contribution in [0.2, 0.25) is 0 Å². The highest BCUT2D eigenvalue weighted by atomic mass is 16.7. The molecule has 0 spiro atoms. The number of carboxylic acid groups (broad SMARTS) is 1. The molecule has 0 fully saturated rings. The molecule has 0 aliphatic heterocycles. The summed E-state index contributed by atoms with van der Waals surface area (Å²) in [5.74, 6) is -2.30. The summed E-state index contributed by atoms with van der Waals surface area (Å²) in [5, 5.41) is 11.8. The summed E-state index contributed by atoms with van der Waals surface area (Å²) in [6.07, 6.45) is 72.2. The Morgan fingerprint density at radius 2 is 0.760 bits per heavy atom. The van der Waals surface area contributed by atoms with Gasteiger partial charge in [-0.1, -0.05) is 240 Å². The molecule has 0 aromatic carbocycles. The molecule has 0 aromatic heterocycles. The average molecular weight is 1050 g/mol. The van der Waals surface area contributed by atoms with Crippen LogP contribution in [-0.4, -0.2) is 82.3 Å².